The van der Waals surface area contributed by atoms with E-state index in [1.54, 1.807) is 12.1 Å². The van der Waals surface area contributed by atoms with Crippen LogP contribution in [0.1, 0.15) is 12.8 Å². The molecule has 0 amide bonds. The van der Waals surface area contributed by atoms with Crippen molar-refractivity contribution in [1.82, 2.24) is 4.72 Å². The molecule has 150 valence electrons. The molecule has 0 spiro atoms. The van der Waals surface area contributed by atoms with E-state index in [9.17, 15) is 17.9 Å². The van der Waals surface area contributed by atoms with E-state index < -0.39 is 22.5 Å². The van der Waals surface area contributed by atoms with Gasteiger partial charge in [0, 0.05) is 35.8 Å². The van der Waals surface area contributed by atoms with E-state index in [-0.39, 0.29) is 18.9 Å². The highest BCUT2D eigenvalue weighted by Gasteiger charge is 2.38. The summed E-state index contributed by atoms with van der Waals surface area (Å²) in [5.74, 6) is 1.76. The van der Waals surface area contributed by atoms with Crippen LogP contribution in [0.25, 0.3) is 0 Å². The second-order valence-electron chi connectivity index (χ2n) is 7.32. The second kappa shape index (κ2) is 7.40. The molecule has 0 aromatic heterocycles. The molecule has 3 heterocycles. The summed E-state index contributed by atoms with van der Waals surface area (Å²) in [5, 5.41) is 10.1. The molecule has 0 aliphatic carbocycles. The van der Waals surface area contributed by atoms with Crippen molar-refractivity contribution in [3.63, 3.8) is 0 Å². The molecule has 2 N–H and O–H groups in total. The predicted molar refractivity (Wildman–Crippen MR) is 104 cm³/mol. The standard InChI is InChI=1S/C17H24FN3O4S2/c1-27(23,24)19-7-14-8-20(17(22)25-14)11-4-5-16(15(18)6-11)21-12-2-3-13(21)10-26-9-12/h4-6,12-14,17,19,22H,2-3,7-10H2,1H3/t12?,13?,14-,17?/m0/s1. The number of hydrogen-bond acceptors (Lipinski definition) is 7. The summed E-state index contributed by atoms with van der Waals surface area (Å²) in [6.45, 7) is 0.329. The molecule has 3 saturated heterocycles. The van der Waals surface area contributed by atoms with Gasteiger partial charge < -0.3 is 19.6 Å². The van der Waals surface area contributed by atoms with Gasteiger partial charge in [-0.25, -0.2) is 17.5 Å². The number of hydrogen-bond donors (Lipinski definition) is 2. The van der Waals surface area contributed by atoms with Crippen LogP contribution in [0.4, 0.5) is 15.8 Å². The number of fused-ring (bicyclic) bond motifs is 2. The van der Waals surface area contributed by atoms with Crippen molar-refractivity contribution < 1.29 is 22.7 Å². The maximum absolute atomic E-state index is 14.9. The van der Waals surface area contributed by atoms with Crippen molar-refractivity contribution in [3.8, 4) is 0 Å². The summed E-state index contributed by atoms with van der Waals surface area (Å²) in [6, 6.07) is 5.77. The fourth-order valence-corrected chi connectivity index (χ4v) is 5.92. The number of thioether (sulfide) groups is 1. The Morgan fingerprint density at radius 3 is 2.67 bits per heavy atom. The Morgan fingerprint density at radius 2 is 2.04 bits per heavy atom. The Labute approximate surface area is 162 Å². The molecule has 3 aliphatic heterocycles. The van der Waals surface area contributed by atoms with E-state index in [1.807, 2.05) is 11.8 Å². The van der Waals surface area contributed by atoms with Crippen molar-refractivity contribution in [3.05, 3.63) is 24.0 Å². The fraction of sp³-hybridized carbons (Fsp3) is 0.647. The van der Waals surface area contributed by atoms with Crippen molar-refractivity contribution in [2.45, 2.75) is 37.4 Å². The molecule has 27 heavy (non-hydrogen) atoms. The first-order chi connectivity index (χ1) is 12.8. The minimum absolute atomic E-state index is 0.0573. The smallest absolute Gasteiger partial charge is 0.238 e. The average Bonchev–Trinajstić information content (AvgIpc) is 3.08. The van der Waals surface area contributed by atoms with Gasteiger partial charge in [0.05, 0.1) is 24.6 Å². The zero-order valence-electron chi connectivity index (χ0n) is 15.0. The van der Waals surface area contributed by atoms with Gasteiger partial charge in [-0.3, -0.25) is 0 Å². The molecule has 4 atom stereocenters. The van der Waals surface area contributed by atoms with Gasteiger partial charge in [-0.05, 0) is 31.0 Å². The number of benzene rings is 1. The van der Waals surface area contributed by atoms with Crippen LogP contribution in [-0.2, 0) is 14.8 Å². The highest BCUT2D eigenvalue weighted by atomic mass is 32.2. The maximum atomic E-state index is 14.9. The van der Waals surface area contributed by atoms with Gasteiger partial charge in [0.2, 0.25) is 16.4 Å². The lowest BCUT2D eigenvalue weighted by atomic mass is 10.2. The van der Waals surface area contributed by atoms with Crippen LogP contribution in [0.15, 0.2) is 18.2 Å². The third-order valence-corrected chi connectivity index (χ3v) is 7.27. The molecule has 3 aliphatic rings. The number of sulfonamides is 1. The quantitative estimate of drug-likeness (QED) is 0.738. The number of nitrogens with zero attached hydrogens (tertiary/aromatic N) is 2. The summed E-state index contributed by atoms with van der Waals surface area (Å²) in [6.07, 6.45) is 1.53. The van der Waals surface area contributed by atoms with Crippen molar-refractivity contribution in [1.29, 1.82) is 0 Å². The SMILES string of the molecule is CS(=O)(=O)NC[C@H]1CN(c2ccc(N3C4CCC3CSC4)c(F)c2)C(O)O1. The third kappa shape index (κ3) is 4.04. The lowest BCUT2D eigenvalue weighted by Gasteiger charge is -2.36. The highest BCUT2D eigenvalue weighted by molar-refractivity contribution is 7.99. The van der Waals surface area contributed by atoms with Gasteiger partial charge in [0.25, 0.3) is 0 Å². The van der Waals surface area contributed by atoms with Gasteiger partial charge in [0.1, 0.15) is 5.82 Å². The summed E-state index contributed by atoms with van der Waals surface area (Å²) in [7, 11) is -3.34. The number of rotatable bonds is 5. The molecule has 0 radical (unpaired) electrons. The first-order valence-corrected chi connectivity index (χ1v) is 12.1. The number of ether oxygens (including phenoxy) is 1. The Hall–Kier alpha value is -1.07. The molecule has 7 nitrogen and oxygen atoms in total. The van der Waals surface area contributed by atoms with Crippen LogP contribution in [-0.4, -0.2) is 69.0 Å². The van der Waals surface area contributed by atoms with Crippen molar-refractivity contribution >= 4 is 33.2 Å². The van der Waals surface area contributed by atoms with Gasteiger partial charge in [-0.1, -0.05) is 0 Å². The highest BCUT2D eigenvalue weighted by Crippen LogP contribution is 2.40. The molecule has 3 fully saturated rings. The molecule has 0 saturated carbocycles. The first-order valence-electron chi connectivity index (χ1n) is 9.02. The van der Waals surface area contributed by atoms with Crippen LogP contribution < -0.4 is 14.5 Å². The van der Waals surface area contributed by atoms with Gasteiger partial charge in [0.15, 0.2) is 0 Å². The van der Waals surface area contributed by atoms with Crippen LogP contribution >= 0.6 is 11.8 Å². The summed E-state index contributed by atoms with van der Waals surface area (Å²) in [4.78, 5) is 3.74. The van der Waals surface area contributed by atoms with Crippen molar-refractivity contribution in [2.75, 3.05) is 40.7 Å². The normalized spacial score (nSPS) is 30.9. The summed E-state index contributed by atoms with van der Waals surface area (Å²) in [5.41, 5.74) is 1.14. The summed E-state index contributed by atoms with van der Waals surface area (Å²) < 4.78 is 45.1. The molecular formula is C17H24FN3O4S2. The summed E-state index contributed by atoms with van der Waals surface area (Å²) >= 11 is 1.94. The van der Waals surface area contributed by atoms with Crippen molar-refractivity contribution in [2.24, 2.45) is 0 Å². The lowest BCUT2D eigenvalue weighted by molar-refractivity contribution is -0.0862. The molecule has 10 heteroatoms. The zero-order valence-corrected chi connectivity index (χ0v) is 16.7. The molecular weight excluding hydrogens is 393 g/mol. The molecule has 3 unspecified atom stereocenters. The number of aliphatic hydroxyl groups is 1. The van der Waals surface area contributed by atoms with Crippen LogP contribution in [0.2, 0.25) is 0 Å². The largest absolute Gasteiger partial charge is 0.362 e. The number of anilines is 2. The van der Waals surface area contributed by atoms with E-state index in [2.05, 4.69) is 9.62 Å². The maximum Gasteiger partial charge on any atom is 0.238 e. The Bertz CT molecular complexity index is 793. The topological polar surface area (TPSA) is 82.1 Å². The second-order valence-corrected chi connectivity index (χ2v) is 10.2. The predicted octanol–water partition coefficient (Wildman–Crippen LogP) is 0.940. The molecule has 1 aromatic carbocycles. The van der Waals surface area contributed by atoms with E-state index in [0.717, 1.165) is 30.6 Å². The van der Waals surface area contributed by atoms with Crippen LogP contribution in [0.3, 0.4) is 0 Å². The van der Waals surface area contributed by atoms with E-state index in [4.69, 9.17) is 4.74 Å². The Balaban J connectivity index is 1.48. The van der Waals surface area contributed by atoms with Gasteiger partial charge in [-0.2, -0.15) is 11.8 Å². The average molecular weight is 418 g/mol. The molecule has 1 aromatic rings. The Morgan fingerprint density at radius 1 is 1.33 bits per heavy atom. The number of nitrogens with one attached hydrogen (secondary N) is 1. The minimum atomic E-state index is -3.34. The van der Waals surface area contributed by atoms with E-state index >= 15 is 0 Å². The number of aliphatic hydroxyl groups excluding tert-OH is 1. The lowest BCUT2D eigenvalue weighted by Crippen LogP contribution is -2.43. The minimum Gasteiger partial charge on any atom is -0.362 e. The fourth-order valence-electron chi connectivity index (χ4n) is 4.09. The monoisotopic (exact) mass is 417 g/mol. The number of halogens is 1. The van der Waals surface area contributed by atoms with Crippen LogP contribution in [0, 0.1) is 5.82 Å². The van der Waals surface area contributed by atoms with Gasteiger partial charge >= 0.3 is 0 Å². The van der Waals surface area contributed by atoms with Gasteiger partial charge in [-0.15, -0.1) is 0 Å². The first kappa shape index (κ1) is 19.3. The zero-order chi connectivity index (χ0) is 19.2. The van der Waals surface area contributed by atoms with E-state index in [0.29, 0.717) is 23.5 Å². The molecule has 2 bridgehead atoms. The molecule has 4 rings (SSSR count). The Kier molecular flexibility index (Phi) is 5.28. The third-order valence-electron chi connectivity index (χ3n) is 5.34. The van der Waals surface area contributed by atoms with E-state index in [1.165, 1.54) is 11.0 Å². The van der Waals surface area contributed by atoms with Crippen LogP contribution in [0.5, 0.6) is 0 Å².